The molecule has 0 aliphatic carbocycles. The van der Waals surface area contributed by atoms with Crippen molar-refractivity contribution in [2.75, 3.05) is 40.7 Å². The van der Waals surface area contributed by atoms with Crippen LogP contribution in [0.1, 0.15) is 5.56 Å². The second-order valence-electron chi connectivity index (χ2n) is 6.09. The largest absolute Gasteiger partial charge is 0.495 e. The highest BCUT2D eigenvalue weighted by atomic mass is 32.2. The first-order valence-corrected chi connectivity index (χ1v) is 9.98. The van der Waals surface area contributed by atoms with Crippen LogP contribution in [0.4, 0.5) is 5.69 Å². The van der Waals surface area contributed by atoms with Gasteiger partial charge in [-0.25, -0.2) is 12.7 Å². The van der Waals surface area contributed by atoms with Crippen LogP contribution in [0.25, 0.3) is 6.08 Å². The van der Waals surface area contributed by atoms with E-state index in [2.05, 4.69) is 5.32 Å². The third-order valence-electron chi connectivity index (χ3n) is 4.04. The Kier molecular flexibility index (Phi) is 7.24. The number of amides is 1. The zero-order valence-electron chi connectivity index (χ0n) is 16.9. The molecule has 1 amide bonds. The lowest BCUT2D eigenvalue weighted by atomic mass is 10.2. The summed E-state index contributed by atoms with van der Waals surface area (Å²) < 4.78 is 41.4. The zero-order chi connectivity index (χ0) is 21.6. The van der Waals surface area contributed by atoms with Gasteiger partial charge in [-0.3, -0.25) is 4.79 Å². The number of methoxy groups -OCH3 is 3. The highest BCUT2D eigenvalue weighted by Gasteiger charge is 2.19. The molecule has 0 heterocycles. The Morgan fingerprint density at radius 2 is 1.55 bits per heavy atom. The van der Waals surface area contributed by atoms with Gasteiger partial charge in [0.25, 0.3) is 0 Å². The van der Waals surface area contributed by atoms with E-state index in [1.165, 1.54) is 52.6 Å². The van der Waals surface area contributed by atoms with Crippen LogP contribution in [0.3, 0.4) is 0 Å². The summed E-state index contributed by atoms with van der Waals surface area (Å²) in [5, 5.41) is 2.64. The van der Waals surface area contributed by atoms with E-state index < -0.39 is 15.9 Å². The Hall–Kier alpha value is -3.04. The molecule has 0 spiro atoms. The van der Waals surface area contributed by atoms with E-state index in [1.807, 2.05) is 0 Å². The summed E-state index contributed by atoms with van der Waals surface area (Å²) in [6.45, 7) is 0. The molecule has 0 bridgehead atoms. The number of sulfonamides is 1. The molecule has 0 aliphatic rings. The molecule has 0 aliphatic heterocycles. The van der Waals surface area contributed by atoms with Crippen molar-refractivity contribution < 1.29 is 27.4 Å². The van der Waals surface area contributed by atoms with Crippen LogP contribution in [0.15, 0.2) is 47.4 Å². The van der Waals surface area contributed by atoms with E-state index in [4.69, 9.17) is 14.2 Å². The monoisotopic (exact) mass is 420 g/mol. The average molecular weight is 420 g/mol. The van der Waals surface area contributed by atoms with E-state index >= 15 is 0 Å². The maximum Gasteiger partial charge on any atom is 0.248 e. The number of carbonyl (C=O) groups excluding carboxylic acids is 1. The van der Waals surface area contributed by atoms with Gasteiger partial charge in [0.15, 0.2) is 11.5 Å². The SMILES string of the molecule is COc1ccc(S(=O)(=O)N(C)C)cc1NC(=O)/C=C/c1ccc(OC)c(OC)c1. The summed E-state index contributed by atoms with van der Waals surface area (Å²) in [5.74, 6) is 1.02. The van der Waals surface area contributed by atoms with Crippen molar-refractivity contribution in [2.45, 2.75) is 4.90 Å². The van der Waals surface area contributed by atoms with Crippen LogP contribution in [-0.2, 0) is 14.8 Å². The minimum absolute atomic E-state index is 0.0440. The topological polar surface area (TPSA) is 94.2 Å². The predicted octanol–water partition coefficient (Wildman–Crippen LogP) is 2.61. The highest BCUT2D eigenvalue weighted by molar-refractivity contribution is 7.89. The molecule has 0 saturated heterocycles. The Morgan fingerprint density at radius 3 is 2.14 bits per heavy atom. The number of nitrogens with one attached hydrogen (secondary N) is 1. The van der Waals surface area contributed by atoms with Gasteiger partial charge in [-0.05, 0) is 42.0 Å². The summed E-state index contributed by atoms with van der Waals surface area (Å²) in [6.07, 6.45) is 2.93. The Morgan fingerprint density at radius 1 is 0.931 bits per heavy atom. The van der Waals surface area contributed by atoms with Gasteiger partial charge >= 0.3 is 0 Å². The van der Waals surface area contributed by atoms with Crippen molar-refractivity contribution in [1.29, 1.82) is 0 Å². The molecule has 0 radical (unpaired) electrons. The lowest BCUT2D eigenvalue weighted by Crippen LogP contribution is -2.22. The first-order chi connectivity index (χ1) is 13.7. The average Bonchev–Trinajstić information content (AvgIpc) is 2.71. The Labute approximate surface area is 170 Å². The Balaban J connectivity index is 2.25. The molecule has 156 valence electrons. The van der Waals surface area contributed by atoms with Crippen molar-refractivity contribution in [3.63, 3.8) is 0 Å². The second kappa shape index (κ2) is 9.44. The van der Waals surface area contributed by atoms with Crippen LogP contribution in [0.2, 0.25) is 0 Å². The van der Waals surface area contributed by atoms with E-state index in [9.17, 15) is 13.2 Å². The van der Waals surface area contributed by atoms with Crippen LogP contribution >= 0.6 is 0 Å². The summed E-state index contributed by atoms with van der Waals surface area (Å²) in [7, 11) is 3.72. The molecule has 0 fully saturated rings. The van der Waals surface area contributed by atoms with Crippen LogP contribution in [0.5, 0.6) is 17.2 Å². The minimum Gasteiger partial charge on any atom is -0.495 e. The van der Waals surface area contributed by atoms with Crippen LogP contribution in [0, 0.1) is 0 Å². The van der Waals surface area contributed by atoms with Crippen LogP contribution in [-0.4, -0.2) is 54.1 Å². The summed E-state index contributed by atoms with van der Waals surface area (Å²) >= 11 is 0. The lowest BCUT2D eigenvalue weighted by molar-refractivity contribution is -0.111. The van der Waals surface area contributed by atoms with E-state index in [0.717, 1.165) is 9.87 Å². The molecule has 9 heteroatoms. The Bertz CT molecular complexity index is 1020. The molecule has 1 N–H and O–H groups in total. The normalized spacial score (nSPS) is 11.5. The first-order valence-electron chi connectivity index (χ1n) is 8.54. The number of carbonyl (C=O) groups is 1. The summed E-state index contributed by atoms with van der Waals surface area (Å²) in [5.41, 5.74) is 0.978. The van der Waals surface area contributed by atoms with Gasteiger partial charge in [0.2, 0.25) is 15.9 Å². The smallest absolute Gasteiger partial charge is 0.248 e. The van der Waals surface area contributed by atoms with Gasteiger partial charge in [-0.15, -0.1) is 0 Å². The fourth-order valence-electron chi connectivity index (χ4n) is 2.46. The molecular weight excluding hydrogens is 396 g/mol. The molecule has 2 rings (SSSR count). The van der Waals surface area contributed by atoms with Crippen molar-refractivity contribution in [3.05, 3.63) is 48.0 Å². The zero-order valence-corrected chi connectivity index (χ0v) is 17.7. The molecule has 29 heavy (non-hydrogen) atoms. The van der Waals surface area contributed by atoms with Gasteiger partial charge in [0, 0.05) is 20.2 Å². The van der Waals surface area contributed by atoms with Crippen molar-refractivity contribution in [3.8, 4) is 17.2 Å². The first kappa shape index (κ1) is 22.3. The number of benzene rings is 2. The lowest BCUT2D eigenvalue weighted by Gasteiger charge is -2.14. The molecule has 0 unspecified atom stereocenters. The van der Waals surface area contributed by atoms with Gasteiger partial charge in [0.1, 0.15) is 5.75 Å². The number of hydrogen-bond donors (Lipinski definition) is 1. The highest BCUT2D eigenvalue weighted by Crippen LogP contribution is 2.29. The summed E-state index contributed by atoms with van der Waals surface area (Å²) in [4.78, 5) is 12.4. The summed E-state index contributed by atoms with van der Waals surface area (Å²) in [6, 6.07) is 9.50. The van der Waals surface area contributed by atoms with E-state index in [0.29, 0.717) is 17.2 Å². The van der Waals surface area contributed by atoms with Gasteiger partial charge in [0.05, 0.1) is 31.9 Å². The molecule has 0 saturated carbocycles. The van der Waals surface area contributed by atoms with Crippen molar-refractivity contribution in [2.24, 2.45) is 0 Å². The maximum atomic E-state index is 12.4. The molecule has 0 atom stereocenters. The maximum absolute atomic E-state index is 12.4. The van der Waals surface area contributed by atoms with E-state index in [-0.39, 0.29) is 10.6 Å². The second-order valence-corrected chi connectivity index (χ2v) is 8.24. The quantitative estimate of drug-likeness (QED) is 0.660. The molecular formula is C20H24N2O6S. The molecule has 2 aromatic carbocycles. The number of anilines is 1. The van der Waals surface area contributed by atoms with Gasteiger partial charge in [-0.1, -0.05) is 6.07 Å². The third-order valence-corrected chi connectivity index (χ3v) is 5.85. The fourth-order valence-corrected chi connectivity index (χ4v) is 3.39. The van der Waals surface area contributed by atoms with Crippen LogP contribution < -0.4 is 19.5 Å². The standard InChI is InChI=1S/C20H24N2O6S/c1-22(2)29(24,25)15-8-10-17(26-3)16(13-15)21-20(23)11-7-14-6-9-18(27-4)19(12-14)28-5/h6-13H,1-5H3,(H,21,23)/b11-7+. The third kappa shape index (κ3) is 5.27. The molecule has 8 nitrogen and oxygen atoms in total. The van der Waals surface area contributed by atoms with Crippen molar-refractivity contribution in [1.82, 2.24) is 4.31 Å². The minimum atomic E-state index is -3.65. The van der Waals surface area contributed by atoms with E-state index in [1.54, 1.807) is 31.4 Å². The molecule has 2 aromatic rings. The fraction of sp³-hybridized carbons (Fsp3) is 0.250. The predicted molar refractivity (Wildman–Crippen MR) is 111 cm³/mol. The van der Waals surface area contributed by atoms with Gasteiger partial charge < -0.3 is 19.5 Å². The number of hydrogen-bond acceptors (Lipinski definition) is 6. The molecule has 0 aromatic heterocycles. The van der Waals surface area contributed by atoms with Gasteiger partial charge in [-0.2, -0.15) is 0 Å². The number of ether oxygens (including phenoxy) is 3. The number of rotatable bonds is 8. The number of nitrogens with zero attached hydrogens (tertiary/aromatic N) is 1. The van der Waals surface area contributed by atoms with Crippen molar-refractivity contribution >= 4 is 27.7 Å².